The lowest BCUT2D eigenvalue weighted by molar-refractivity contribution is 0.414. The number of nitrogens with zero attached hydrogens (tertiary/aromatic N) is 2. The van der Waals surface area contributed by atoms with Crippen molar-refractivity contribution in [3.63, 3.8) is 0 Å². The van der Waals surface area contributed by atoms with Crippen LogP contribution >= 0.6 is 0 Å². The van der Waals surface area contributed by atoms with E-state index in [-0.39, 0.29) is 0 Å². The van der Waals surface area contributed by atoms with E-state index < -0.39 is 0 Å². The first-order valence-corrected chi connectivity index (χ1v) is 23.1. The van der Waals surface area contributed by atoms with Crippen LogP contribution in [0, 0.1) is 23.7 Å². The molecule has 0 amide bonds. The van der Waals surface area contributed by atoms with E-state index in [1.54, 1.807) is 28.4 Å². The molecule has 8 aromatic carbocycles. The second kappa shape index (κ2) is 21.3. The highest BCUT2D eigenvalue weighted by atomic mass is 16.5. The van der Waals surface area contributed by atoms with Crippen molar-refractivity contribution in [2.45, 2.75) is 38.5 Å². The number of anilines is 6. The predicted octanol–water partition coefficient (Wildman–Crippen LogP) is 14.1. The number of benzene rings is 8. The molecule has 4 aliphatic rings. The Hall–Kier alpha value is -8.32. The fraction of sp³-hybridized carbons (Fsp3) is 0.161. The smallest absolute Gasteiger partial charge is 0.119 e. The molecule has 0 N–H and O–H groups in total. The van der Waals surface area contributed by atoms with E-state index in [1.165, 1.54) is 22.3 Å². The van der Waals surface area contributed by atoms with Crippen molar-refractivity contribution in [1.82, 2.24) is 0 Å². The molecule has 336 valence electrons. The fourth-order valence-corrected chi connectivity index (χ4v) is 8.68. The van der Waals surface area contributed by atoms with Crippen LogP contribution in [0.25, 0.3) is 0 Å². The van der Waals surface area contributed by atoms with Gasteiger partial charge in [-0.2, -0.15) is 0 Å². The fourth-order valence-electron chi connectivity index (χ4n) is 8.68. The van der Waals surface area contributed by atoms with Crippen LogP contribution in [-0.4, -0.2) is 28.4 Å². The van der Waals surface area contributed by atoms with Gasteiger partial charge in [-0.15, -0.1) is 0 Å². The summed E-state index contributed by atoms with van der Waals surface area (Å²) in [6.45, 7) is 0. The first-order valence-electron chi connectivity index (χ1n) is 23.1. The molecule has 4 bridgehead atoms. The number of ether oxygens (including phenoxy) is 4. The average molecular weight is 891 g/mol. The van der Waals surface area contributed by atoms with Gasteiger partial charge in [0.1, 0.15) is 23.0 Å². The number of methoxy groups -OCH3 is 4. The van der Waals surface area contributed by atoms with Crippen molar-refractivity contribution < 1.29 is 18.9 Å². The maximum Gasteiger partial charge on any atom is 0.119 e. The Morgan fingerprint density at radius 3 is 0.868 bits per heavy atom. The zero-order valence-electron chi connectivity index (χ0n) is 39.1. The molecule has 12 rings (SSSR count). The molecule has 4 aliphatic carbocycles. The van der Waals surface area contributed by atoms with Crippen molar-refractivity contribution in [1.29, 1.82) is 0 Å². The van der Waals surface area contributed by atoms with Crippen LogP contribution in [0.15, 0.2) is 182 Å². The van der Waals surface area contributed by atoms with Crippen LogP contribution in [0.4, 0.5) is 34.1 Å². The zero-order valence-corrected chi connectivity index (χ0v) is 39.1. The first-order chi connectivity index (χ1) is 33.5. The van der Waals surface area contributed by atoms with Gasteiger partial charge >= 0.3 is 0 Å². The van der Waals surface area contributed by atoms with E-state index in [1.807, 2.05) is 48.5 Å². The second-order valence-corrected chi connectivity index (χ2v) is 16.7. The summed E-state index contributed by atoms with van der Waals surface area (Å²) in [5, 5.41) is 0. The van der Waals surface area contributed by atoms with Gasteiger partial charge in [0.05, 0.1) is 28.4 Å². The number of hydrogen-bond acceptors (Lipinski definition) is 6. The van der Waals surface area contributed by atoms with Crippen molar-refractivity contribution in [3.8, 4) is 46.7 Å². The molecule has 0 atom stereocenters. The van der Waals surface area contributed by atoms with Crippen LogP contribution in [0.2, 0.25) is 0 Å². The third-order valence-electron chi connectivity index (χ3n) is 12.4. The molecule has 0 heterocycles. The van der Waals surface area contributed by atoms with Crippen molar-refractivity contribution >= 4 is 34.1 Å². The van der Waals surface area contributed by atoms with Crippen molar-refractivity contribution in [2.24, 2.45) is 0 Å². The molecule has 0 saturated heterocycles. The van der Waals surface area contributed by atoms with Crippen LogP contribution in [0.3, 0.4) is 0 Å². The summed E-state index contributed by atoms with van der Waals surface area (Å²) in [5.41, 5.74) is 15.5. The molecule has 8 aromatic rings. The Kier molecular flexibility index (Phi) is 14.1. The molecule has 0 aliphatic heterocycles. The third-order valence-corrected chi connectivity index (χ3v) is 12.4. The maximum atomic E-state index is 5.44. The summed E-state index contributed by atoms with van der Waals surface area (Å²) in [5.74, 6) is 17.4. The van der Waals surface area contributed by atoms with E-state index in [2.05, 4.69) is 167 Å². The van der Waals surface area contributed by atoms with E-state index in [0.717, 1.165) is 118 Å². The zero-order chi connectivity index (χ0) is 46.7. The summed E-state index contributed by atoms with van der Waals surface area (Å²) in [7, 11) is 6.74. The first kappa shape index (κ1) is 44.9. The molecule has 0 aromatic heterocycles. The third kappa shape index (κ3) is 10.7. The normalized spacial score (nSPS) is 11.8. The van der Waals surface area contributed by atoms with Crippen LogP contribution < -0.4 is 28.7 Å². The van der Waals surface area contributed by atoms with Crippen molar-refractivity contribution in [2.75, 3.05) is 38.2 Å². The number of rotatable bonds is 10. The number of aryl methyl sites for hydroxylation is 4. The second-order valence-electron chi connectivity index (χ2n) is 16.7. The van der Waals surface area contributed by atoms with Gasteiger partial charge in [0.2, 0.25) is 0 Å². The minimum absolute atomic E-state index is 0.814. The maximum absolute atomic E-state index is 5.44. The van der Waals surface area contributed by atoms with E-state index in [9.17, 15) is 0 Å². The molecular weight excluding hydrogens is 837 g/mol. The Morgan fingerprint density at radius 1 is 0.309 bits per heavy atom. The topological polar surface area (TPSA) is 43.4 Å². The molecule has 6 heteroatoms. The van der Waals surface area contributed by atoms with Crippen LogP contribution in [-0.2, 0) is 25.7 Å². The summed E-state index contributed by atoms with van der Waals surface area (Å²) in [4.78, 5) is 4.44. The van der Waals surface area contributed by atoms with E-state index in [4.69, 9.17) is 18.9 Å². The van der Waals surface area contributed by atoms with E-state index >= 15 is 0 Å². The predicted molar refractivity (Wildman–Crippen MR) is 277 cm³/mol. The van der Waals surface area contributed by atoms with Crippen molar-refractivity contribution in [3.05, 3.63) is 226 Å². The molecule has 68 heavy (non-hydrogen) atoms. The molecule has 0 spiro atoms. The van der Waals surface area contributed by atoms with Gasteiger partial charge in [0, 0.05) is 56.4 Å². The van der Waals surface area contributed by atoms with Gasteiger partial charge in [-0.25, -0.2) is 0 Å². The van der Waals surface area contributed by atoms with Crippen LogP contribution in [0.5, 0.6) is 23.0 Å². The minimum Gasteiger partial charge on any atom is -0.497 e. The lowest BCUT2D eigenvalue weighted by Gasteiger charge is -2.25. The highest BCUT2D eigenvalue weighted by molar-refractivity contribution is 5.79. The highest BCUT2D eigenvalue weighted by Crippen LogP contribution is 2.38. The largest absolute Gasteiger partial charge is 0.497 e. The van der Waals surface area contributed by atoms with Gasteiger partial charge in [-0.1, -0.05) is 47.9 Å². The Bertz CT molecular complexity index is 2770. The van der Waals surface area contributed by atoms with Gasteiger partial charge < -0.3 is 28.7 Å². The quantitative estimate of drug-likeness (QED) is 0.127. The monoisotopic (exact) mass is 890 g/mol. The molecule has 0 radical (unpaired) electrons. The summed E-state index contributed by atoms with van der Waals surface area (Å²) in [6.07, 6.45) is 5.85. The Morgan fingerprint density at radius 2 is 0.588 bits per heavy atom. The minimum atomic E-state index is 0.814. The Balaban J connectivity index is 0.907. The summed E-state index contributed by atoms with van der Waals surface area (Å²) >= 11 is 0. The summed E-state index contributed by atoms with van der Waals surface area (Å²) in [6, 6.07) is 63.2. The van der Waals surface area contributed by atoms with Crippen LogP contribution in [0.1, 0.15) is 57.3 Å². The molecule has 0 saturated carbocycles. The summed E-state index contributed by atoms with van der Waals surface area (Å²) < 4.78 is 21.8. The standard InChI is InChI=1S/C62H54N2O4/c1-65-59-35-27-55(28-36-59)63(56-29-37-60(66-2)38-30-56)53-23-15-45(16-24-53)11-21-51-43-47-7-6-10-50-20-14-48(8-5-9-49(51)19-13-47)44-52(50)22-12-46-17-25-54(26-18-46)64(57-31-39-61(67-3)40-32-57)58-33-41-62(68-4)42-34-58/h13-20,23-44H,5-10H2,1-4H3. The highest BCUT2D eigenvalue weighted by Gasteiger charge is 2.15. The van der Waals surface area contributed by atoms with Gasteiger partial charge in [0.25, 0.3) is 0 Å². The molecular formula is C62H54N2O4. The van der Waals surface area contributed by atoms with Gasteiger partial charge in [0.15, 0.2) is 0 Å². The lowest BCUT2D eigenvalue weighted by atomic mass is 9.92. The Labute approximate surface area is 401 Å². The molecule has 6 nitrogen and oxygen atoms in total. The lowest BCUT2D eigenvalue weighted by Crippen LogP contribution is -2.09. The number of hydrogen-bond donors (Lipinski definition) is 0. The van der Waals surface area contributed by atoms with Gasteiger partial charge in [-0.3, -0.25) is 0 Å². The molecule has 0 unspecified atom stereocenters. The van der Waals surface area contributed by atoms with E-state index in [0.29, 0.717) is 0 Å². The van der Waals surface area contributed by atoms with Gasteiger partial charge in [-0.05, 0) is 219 Å². The molecule has 0 fully saturated rings. The SMILES string of the molecule is COc1ccc(N(c2ccc(C#Cc3cc4ccc3CCCc3ccc(c(C#Cc5ccc(N(c6ccc(OC)cc6)c6ccc(OC)cc6)cc5)c3)CCC4)cc2)c2ccc(OC)cc2)cc1. The average Bonchev–Trinajstić information content (AvgIpc) is 3.40.